The second kappa shape index (κ2) is 8.47. The maximum atomic E-state index is 12.1. The highest BCUT2D eigenvalue weighted by molar-refractivity contribution is 6.00. The normalized spacial score (nSPS) is 15.8. The van der Waals surface area contributed by atoms with Gasteiger partial charge in [-0.3, -0.25) is 14.9 Å². The Hall–Kier alpha value is -2.15. The highest BCUT2D eigenvalue weighted by Crippen LogP contribution is 2.24. The highest BCUT2D eigenvalue weighted by Gasteiger charge is 2.18. The van der Waals surface area contributed by atoms with E-state index in [1.807, 2.05) is 0 Å². The average molecular weight is 320 g/mol. The van der Waals surface area contributed by atoms with Crippen LogP contribution in [0.4, 0.5) is 11.4 Å². The topological polar surface area (TPSA) is 110 Å². The molecular weight excluding hydrogens is 296 g/mol. The molecule has 0 heterocycles. The van der Waals surface area contributed by atoms with E-state index in [0.717, 1.165) is 0 Å². The van der Waals surface area contributed by atoms with Gasteiger partial charge in [0.25, 0.3) is 11.6 Å². The molecule has 23 heavy (non-hydrogen) atoms. The van der Waals surface area contributed by atoms with Gasteiger partial charge in [0.05, 0.1) is 10.5 Å². The van der Waals surface area contributed by atoms with Gasteiger partial charge >= 0.3 is 0 Å². The van der Waals surface area contributed by atoms with Gasteiger partial charge in [0.1, 0.15) is 5.69 Å². The van der Waals surface area contributed by atoms with Crippen LogP contribution in [0.5, 0.6) is 0 Å². The Bertz CT molecular complexity index is 554. The van der Waals surface area contributed by atoms with Crippen LogP contribution < -0.4 is 16.4 Å². The first kappa shape index (κ1) is 17.2. The van der Waals surface area contributed by atoms with Gasteiger partial charge in [-0.05, 0) is 18.9 Å². The lowest BCUT2D eigenvalue weighted by molar-refractivity contribution is -0.383. The largest absolute Gasteiger partial charge is 0.393 e. The van der Waals surface area contributed by atoms with Crippen LogP contribution in [0.3, 0.4) is 0 Å². The predicted octanol–water partition coefficient (Wildman–Crippen LogP) is 2.22. The SMILES string of the molecule is Nc1c(C(=O)NCCNC2CCCCCC2)cccc1[N+](=O)[O-]. The van der Waals surface area contributed by atoms with Crippen LogP contribution in [-0.2, 0) is 0 Å². The summed E-state index contributed by atoms with van der Waals surface area (Å²) in [6, 6.07) is 4.78. The lowest BCUT2D eigenvalue weighted by atomic mass is 10.1. The van der Waals surface area contributed by atoms with Gasteiger partial charge in [-0.25, -0.2) is 0 Å². The van der Waals surface area contributed by atoms with Crippen LogP contribution in [0.1, 0.15) is 48.9 Å². The highest BCUT2D eigenvalue weighted by atomic mass is 16.6. The van der Waals surface area contributed by atoms with Gasteiger partial charge in [-0.1, -0.05) is 31.7 Å². The zero-order chi connectivity index (χ0) is 16.7. The second-order valence-corrected chi connectivity index (χ2v) is 5.89. The molecule has 0 unspecified atom stereocenters. The summed E-state index contributed by atoms with van der Waals surface area (Å²) in [5.41, 5.74) is 5.52. The van der Waals surface area contributed by atoms with Crippen molar-refractivity contribution in [3.63, 3.8) is 0 Å². The number of amides is 1. The zero-order valence-electron chi connectivity index (χ0n) is 13.2. The molecule has 1 amide bonds. The molecule has 1 aliphatic rings. The Balaban J connectivity index is 1.81. The summed E-state index contributed by atoms with van der Waals surface area (Å²) in [6.45, 7) is 1.16. The Morgan fingerprint density at radius 1 is 1.22 bits per heavy atom. The van der Waals surface area contributed by atoms with Crippen molar-refractivity contribution < 1.29 is 9.72 Å². The summed E-state index contributed by atoms with van der Waals surface area (Å²) >= 11 is 0. The first-order valence-electron chi connectivity index (χ1n) is 8.14. The number of nitrogens with zero attached hydrogens (tertiary/aromatic N) is 1. The smallest absolute Gasteiger partial charge is 0.292 e. The Labute approximate surface area is 135 Å². The van der Waals surface area contributed by atoms with Gasteiger partial charge in [0.2, 0.25) is 0 Å². The summed E-state index contributed by atoms with van der Waals surface area (Å²) < 4.78 is 0. The van der Waals surface area contributed by atoms with Crippen molar-refractivity contribution in [1.29, 1.82) is 0 Å². The third kappa shape index (κ3) is 4.92. The summed E-state index contributed by atoms with van der Waals surface area (Å²) in [4.78, 5) is 22.4. The third-order valence-corrected chi connectivity index (χ3v) is 4.22. The number of nitrogens with one attached hydrogen (secondary N) is 2. The molecule has 1 aliphatic carbocycles. The molecule has 0 spiro atoms. The first-order valence-corrected chi connectivity index (χ1v) is 8.14. The molecule has 0 aliphatic heterocycles. The number of benzene rings is 1. The first-order chi connectivity index (χ1) is 11.1. The molecule has 7 nitrogen and oxygen atoms in total. The van der Waals surface area contributed by atoms with Crippen molar-refractivity contribution in [3.8, 4) is 0 Å². The average Bonchev–Trinajstić information content (AvgIpc) is 2.80. The number of nitrogen functional groups attached to an aromatic ring is 1. The van der Waals surface area contributed by atoms with Crippen LogP contribution in [-0.4, -0.2) is 30.0 Å². The molecule has 1 aromatic carbocycles. The molecule has 0 atom stereocenters. The van der Waals surface area contributed by atoms with Crippen LogP contribution in [0.25, 0.3) is 0 Å². The second-order valence-electron chi connectivity index (χ2n) is 5.89. The molecule has 0 aromatic heterocycles. The molecule has 126 valence electrons. The van der Waals surface area contributed by atoms with Crippen molar-refractivity contribution >= 4 is 17.3 Å². The standard InChI is InChI=1S/C16H24N4O3/c17-15-13(8-5-9-14(15)20(22)23)16(21)19-11-10-18-12-6-3-1-2-4-7-12/h5,8-9,12,18H,1-4,6-7,10-11,17H2,(H,19,21). The van der Waals surface area contributed by atoms with Gasteiger partial charge in [-0.2, -0.15) is 0 Å². The quantitative estimate of drug-likeness (QED) is 0.245. The third-order valence-electron chi connectivity index (χ3n) is 4.22. The summed E-state index contributed by atoms with van der Waals surface area (Å²) in [7, 11) is 0. The summed E-state index contributed by atoms with van der Waals surface area (Å²) in [5.74, 6) is -0.381. The molecule has 0 radical (unpaired) electrons. The van der Waals surface area contributed by atoms with E-state index in [1.165, 1.54) is 56.7 Å². The molecule has 1 fully saturated rings. The molecule has 4 N–H and O–H groups in total. The van der Waals surface area contributed by atoms with E-state index in [4.69, 9.17) is 5.73 Å². The van der Waals surface area contributed by atoms with Crippen molar-refractivity contribution in [3.05, 3.63) is 33.9 Å². The Morgan fingerprint density at radius 3 is 2.57 bits per heavy atom. The number of hydrogen-bond acceptors (Lipinski definition) is 5. The summed E-state index contributed by atoms with van der Waals surface area (Å²) in [6.07, 6.45) is 7.50. The Morgan fingerprint density at radius 2 is 1.91 bits per heavy atom. The van der Waals surface area contributed by atoms with E-state index < -0.39 is 4.92 Å². The molecule has 2 rings (SSSR count). The van der Waals surface area contributed by atoms with Crippen molar-refractivity contribution in [2.45, 2.75) is 44.6 Å². The maximum Gasteiger partial charge on any atom is 0.292 e. The van der Waals surface area contributed by atoms with Gasteiger partial charge < -0.3 is 16.4 Å². The number of anilines is 1. The molecule has 1 aromatic rings. The molecule has 0 bridgehead atoms. The van der Waals surface area contributed by atoms with Crippen LogP contribution >= 0.6 is 0 Å². The number of nitro benzene ring substituents is 1. The predicted molar refractivity (Wildman–Crippen MR) is 89.3 cm³/mol. The number of nitro groups is 1. The number of hydrogen-bond donors (Lipinski definition) is 3. The van der Waals surface area contributed by atoms with E-state index in [1.54, 1.807) is 0 Å². The van der Waals surface area contributed by atoms with Crippen LogP contribution in [0, 0.1) is 10.1 Å². The minimum Gasteiger partial charge on any atom is -0.393 e. The number of para-hydroxylation sites is 1. The lowest BCUT2D eigenvalue weighted by Gasteiger charge is -2.16. The fourth-order valence-electron chi connectivity index (χ4n) is 2.94. The minimum atomic E-state index is -0.584. The van der Waals surface area contributed by atoms with Crippen molar-refractivity contribution in [1.82, 2.24) is 10.6 Å². The monoisotopic (exact) mass is 320 g/mol. The zero-order valence-corrected chi connectivity index (χ0v) is 13.2. The number of carbonyl (C=O) groups is 1. The number of rotatable bonds is 6. The fourth-order valence-corrected chi connectivity index (χ4v) is 2.94. The summed E-state index contributed by atoms with van der Waals surface area (Å²) in [5, 5.41) is 17.1. The van der Waals surface area contributed by atoms with Crippen molar-refractivity contribution in [2.24, 2.45) is 0 Å². The van der Waals surface area contributed by atoms with E-state index in [-0.39, 0.29) is 22.8 Å². The van der Waals surface area contributed by atoms with Gasteiger partial charge in [0, 0.05) is 25.2 Å². The number of nitrogens with two attached hydrogens (primary N) is 1. The minimum absolute atomic E-state index is 0.0910. The van der Waals surface area contributed by atoms with E-state index >= 15 is 0 Å². The molecule has 0 saturated heterocycles. The van der Waals surface area contributed by atoms with Gasteiger partial charge in [-0.15, -0.1) is 0 Å². The molecule has 7 heteroatoms. The molecule has 1 saturated carbocycles. The van der Waals surface area contributed by atoms with Crippen LogP contribution in [0.2, 0.25) is 0 Å². The fraction of sp³-hybridized carbons (Fsp3) is 0.562. The van der Waals surface area contributed by atoms with E-state index in [2.05, 4.69) is 10.6 Å². The lowest BCUT2D eigenvalue weighted by Crippen LogP contribution is -2.37. The van der Waals surface area contributed by atoms with E-state index in [0.29, 0.717) is 19.1 Å². The number of carbonyl (C=O) groups excluding carboxylic acids is 1. The van der Waals surface area contributed by atoms with Gasteiger partial charge in [0.15, 0.2) is 0 Å². The Kier molecular flexibility index (Phi) is 6.34. The van der Waals surface area contributed by atoms with E-state index in [9.17, 15) is 14.9 Å². The molecular formula is C16H24N4O3. The maximum absolute atomic E-state index is 12.1. The van der Waals surface area contributed by atoms with Crippen LogP contribution in [0.15, 0.2) is 18.2 Å². The van der Waals surface area contributed by atoms with Crippen molar-refractivity contribution in [2.75, 3.05) is 18.8 Å².